The van der Waals surface area contributed by atoms with Crippen molar-refractivity contribution in [2.24, 2.45) is 16.3 Å². The molecule has 0 radical (unpaired) electrons. The highest BCUT2D eigenvalue weighted by Crippen LogP contribution is 2.45. The maximum absolute atomic E-state index is 9.85. The molecule has 35 heavy (non-hydrogen) atoms. The maximum Gasteiger partial charge on any atom is 0.146 e. The Bertz CT molecular complexity index is 1320. The van der Waals surface area contributed by atoms with Crippen LogP contribution in [0.1, 0.15) is 54.3 Å². The third kappa shape index (κ3) is 6.35. The van der Waals surface area contributed by atoms with Crippen LogP contribution in [0, 0.1) is 29.8 Å². The summed E-state index contributed by atoms with van der Waals surface area (Å²) in [5.41, 5.74) is 4.08. The summed E-state index contributed by atoms with van der Waals surface area (Å²) in [6.45, 7) is 7.28. The van der Waals surface area contributed by atoms with Gasteiger partial charge in [-0.2, -0.15) is 5.26 Å². The highest BCUT2D eigenvalue weighted by molar-refractivity contribution is 14.1. The average molecular weight is 749 g/mol. The number of thiophene rings is 1. The average Bonchev–Trinajstić information content (AvgIpc) is 3.14. The van der Waals surface area contributed by atoms with E-state index >= 15 is 0 Å². The molecule has 2 aromatic carbocycles. The Morgan fingerprint density at radius 3 is 2.54 bits per heavy atom. The second-order valence-electron chi connectivity index (χ2n) is 9.70. The first kappa shape index (κ1) is 27.2. The van der Waals surface area contributed by atoms with Crippen LogP contribution in [0.15, 0.2) is 35.3 Å². The number of benzene rings is 2. The molecule has 0 saturated heterocycles. The molecule has 0 amide bonds. The van der Waals surface area contributed by atoms with Gasteiger partial charge in [-0.05, 0) is 111 Å². The van der Waals surface area contributed by atoms with Crippen molar-refractivity contribution in [2.45, 2.75) is 46.6 Å². The lowest BCUT2D eigenvalue weighted by Crippen LogP contribution is -2.26. The van der Waals surface area contributed by atoms with Crippen molar-refractivity contribution in [1.29, 1.82) is 5.26 Å². The van der Waals surface area contributed by atoms with E-state index in [1.165, 1.54) is 10.4 Å². The highest BCUT2D eigenvalue weighted by atomic mass is 127. The molecule has 0 saturated carbocycles. The van der Waals surface area contributed by atoms with Crippen LogP contribution in [0.4, 0.5) is 5.00 Å². The fourth-order valence-electron chi connectivity index (χ4n) is 4.23. The summed E-state index contributed by atoms with van der Waals surface area (Å²) in [7, 11) is 0. The number of aliphatic imine (C=N–C) groups is 1. The molecule has 4 rings (SSSR count). The van der Waals surface area contributed by atoms with Gasteiger partial charge in [-0.15, -0.1) is 11.3 Å². The summed E-state index contributed by atoms with van der Waals surface area (Å²) < 4.78 is 8.07. The van der Waals surface area contributed by atoms with Crippen molar-refractivity contribution in [2.75, 3.05) is 0 Å². The Morgan fingerprint density at radius 1 is 1.20 bits per heavy atom. The predicted molar refractivity (Wildman–Crippen MR) is 164 cm³/mol. The second kappa shape index (κ2) is 11.3. The van der Waals surface area contributed by atoms with Crippen LogP contribution in [0.2, 0.25) is 10.0 Å². The van der Waals surface area contributed by atoms with Crippen LogP contribution in [0.3, 0.4) is 0 Å². The molecule has 3 nitrogen and oxygen atoms in total. The largest absolute Gasteiger partial charge is 0.487 e. The molecular weight excluding hydrogens is 725 g/mol. The Balaban J connectivity index is 1.53. The van der Waals surface area contributed by atoms with Gasteiger partial charge in [-0.3, -0.25) is 0 Å². The van der Waals surface area contributed by atoms with Gasteiger partial charge in [0, 0.05) is 26.7 Å². The van der Waals surface area contributed by atoms with E-state index in [-0.39, 0.29) is 5.41 Å². The second-order valence-corrected chi connectivity index (χ2v) is 13.9. The Labute approximate surface area is 248 Å². The van der Waals surface area contributed by atoms with Crippen LogP contribution in [0.25, 0.3) is 0 Å². The van der Waals surface area contributed by atoms with E-state index in [9.17, 15) is 5.26 Å². The Kier molecular flexibility index (Phi) is 8.74. The smallest absolute Gasteiger partial charge is 0.146 e. The van der Waals surface area contributed by atoms with Gasteiger partial charge in [0.05, 0.1) is 12.7 Å². The summed E-state index contributed by atoms with van der Waals surface area (Å²) in [6.07, 6.45) is 4.98. The highest BCUT2D eigenvalue weighted by Gasteiger charge is 2.32. The number of nitriles is 1. The van der Waals surface area contributed by atoms with Crippen LogP contribution in [0.5, 0.6) is 5.75 Å². The topological polar surface area (TPSA) is 45.4 Å². The first-order chi connectivity index (χ1) is 16.6. The molecule has 1 aliphatic rings. The summed E-state index contributed by atoms with van der Waals surface area (Å²) in [5.74, 6) is 1.45. The fraction of sp³-hybridized carbons (Fsp3) is 0.333. The summed E-state index contributed by atoms with van der Waals surface area (Å²) in [5, 5.41) is 11.9. The first-order valence-corrected chi connectivity index (χ1v) is 14.9. The summed E-state index contributed by atoms with van der Waals surface area (Å²) in [4.78, 5) is 6.09. The van der Waals surface area contributed by atoms with Gasteiger partial charge >= 0.3 is 0 Å². The lowest BCUT2D eigenvalue weighted by Gasteiger charge is -2.33. The quantitative estimate of drug-likeness (QED) is 0.193. The normalized spacial score (nSPS) is 15.8. The molecule has 1 atom stereocenters. The standard InChI is InChI=1S/C27H24Cl2I2N2OS/c1-27(2,3)17-5-7-19-20(12-32)26(35-24(19)10-17)33-13-15-8-22(30)25(23(31)9-15)34-14-16-4-6-18(28)11-21(16)29/h4,6,8-9,11,13,17H,5,7,10,14H2,1-3H3/t17-/m0/s1. The third-order valence-electron chi connectivity index (χ3n) is 6.32. The van der Waals surface area contributed by atoms with E-state index in [2.05, 4.69) is 72.0 Å². The van der Waals surface area contributed by atoms with Crippen molar-refractivity contribution >= 4 is 90.9 Å². The number of fused-ring (bicyclic) bond motifs is 1. The molecule has 182 valence electrons. The lowest BCUT2D eigenvalue weighted by molar-refractivity contribution is 0.218. The van der Waals surface area contributed by atoms with Crippen molar-refractivity contribution in [1.82, 2.24) is 0 Å². The van der Waals surface area contributed by atoms with Gasteiger partial charge in [0.1, 0.15) is 23.4 Å². The van der Waals surface area contributed by atoms with E-state index in [0.29, 0.717) is 22.6 Å². The van der Waals surface area contributed by atoms with Crippen molar-refractivity contribution in [3.63, 3.8) is 0 Å². The number of ether oxygens (including phenoxy) is 1. The minimum atomic E-state index is 0.272. The van der Waals surface area contributed by atoms with Crippen LogP contribution < -0.4 is 4.74 Å². The summed E-state index contributed by atoms with van der Waals surface area (Å²) in [6, 6.07) is 11.9. The molecule has 0 spiro atoms. The molecular formula is C27H24Cl2I2N2OS. The molecule has 3 aromatic rings. The number of nitrogens with zero attached hydrogens (tertiary/aromatic N) is 2. The molecule has 8 heteroatoms. The van der Waals surface area contributed by atoms with Gasteiger partial charge in [0.15, 0.2) is 0 Å². The van der Waals surface area contributed by atoms with E-state index in [1.54, 1.807) is 17.4 Å². The lowest BCUT2D eigenvalue weighted by atomic mass is 9.72. The van der Waals surface area contributed by atoms with Crippen LogP contribution >= 0.6 is 79.7 Å². The minimum Gasteiger partial charge on any atom is -0.487 e. The number of rotatable bonds is 5. The van der Waals surface area contributed by atoms with Gasteiger partial charge in [-0.25, -0.2) is 4.99 Å². The minimum absolute atomic E-state index is 0.272. The summed E-state index contributed by atoms with van der Waals surface area (Å²) >= 11 is 18.5. The molecule has 0 N–H and O–H groups in total. The maximum atomic E-state index is 9.85. The van der Waals surface area contributed by atoms with Crippen LogP contribution in [-0.2, 0) is 19.4 Å². The zero-order chi connectivity index (χ0) is 25.3. The molecule has 0 fully saturated rings. The van der Waals surface area contributed by atoms with Crippen molar-refractivity contribution in [3.05, 3.63) is 74.6 Å². The fourth-order valence-corrected chi connectivity index (χ4v) is 8.04. The van der Waals surface area contributed by atoms with Gasteiger partial charge in [-0.1, -0.05) is 50.0 Å². The van der Waals surface area contributed by atoms with E-state index in [1.807, 2.05) is 30.5 Å². The Morgan fingerprint density at radius 2 is 1.91 bits per heavy atom. The van der Waals surface area contributed by atoms with Crippen LogP contribution in [-0.4, -0.2) is 6.21 Å². The number of hydrogen-bond acceptors (Lipinski definition) is 4. The number of hydrogen-bond donors (Lipinski definition) is 0. The van der Waals surface area contributed by atoms with E-state index < -0.39 is 0 Å². The molecule has 0 unspecified atom stereocenters. The van der Waals surface area contributed by atoms with Gasteiger partial charge in [0.25, 0.3) is 0 Å². The predicted octanol–water partition coefficient (Wildman–Crippen LogP) is 9.62. The number of halogens is 4. The van der Waals surface area contributed by atoms with Crippen molar-refractivity contribution < 1.29 is 4.74 Å². The van der Waals surface area contributed by atoms with Gasteiger partial charge < -0.3 is 4.74 Å². The molecule has 0 bridgehead atoms. The molecule has 0 aliphatic heterocycles. The monoisotopic (exact) mass is 748 g/mol. The Hall–Kier alpha value is -0.860. The molecule has 1 aliphatic carbocycles. The third-order valence-corrected chi connectivity index (χ3v) is 9.67. The SMILES string of the molecule is CC(C)(C)[C@H]1CCc2c(sc(N=Cc3cc(I)c(OCc4ccc(Cl)cc4Cl)c(I)c3)c2C#N)C1. The van der Waals surface area contributed by atoms with E-state index in [0.717, 1.165) is 53.8 Å². The first-order valence-electron chi connectivity index (χ1n) is 11.2. The molecule has 1 heterocycles. The zero-order valence-corrected chi connectivity index (χ0v) is 26.2. The zero-order valence-electron chi connectivity index (χ0n) is 19.6. The van der Waals surface area contributed by atoms with Crippen molar-refractivity contribution in [3.8, 4) is 11.8 Å². The van der Waals surface area contributed by atoms with Gasteiger partial charge in [0.2, 0.25) is 0 Å². The molecule has 1 aromatic heterocycles. The van der Waals surface area contributed by atoms with E-state index in [4.69, 9.17) is 32.9 Å².